The fourth-order valence-corrected chi connectivity index (χ4v) is 9.03. The standard InChI is InChI=1S/C17H26O4Si/c1-10(2)22(11(3)4,12(5)6)8-7-13-15(18)9-14(16(13)19)17(20)21/h10-14H,9H2,1-6H3,(H,20,21). The zero-order valence-corrected chi connectivity index (χ0v) is 15.3. The molecule has 2 unspecified atom stereocenters. The van der Waals surface area contributed by atoms with Crippen molar-refractivity contribution in [3.8, 4) is 11.5 Å². The van der Waals surface area contributed by atoms with Gasteiger partial charge in [0.2, 0.25) is 0 Å². The average molecular weight is 322 g/mol. The van der Waals surface area contributed by atoms with Gasteiger partial charge in [0.1, 0.15) is 19.9 Å². The van der Waals surface area contributed by atoms with E-state index in [0.29, 0.717) is 16.6 Å². The van der Waals surface area contributed by atoms with Gasteiger partial charge in [0.05, 0.1) is 0 Å². The van der Waals surface area contributed by atoms with E-state index in [9.17, 15) is 14.4 Å². The van der Waals surface area contributed by atoms with E-state index in [4.69, 9.17) is 5.11 Å². The van der Waals surface area contributed by atoms with E-state index < -0.39 is 31.7 Å². The summed E-state index contributed by atoms with van der Waals surface area (Å²) in [5, 5.41) is 9.00. The number of rotatable bonds is 4. The molecule has 1 N–H and O–H groups in total. The number of Topliss-reactive ketones (excluding diaryl/α,β-unsaturated/α-hetero) is 2. The molecule has 122 valence electrons. The first-order valence-electron chi connectivity index (χ1n) is 7.87. The van der Waals surface area contributed by atoms with E-state index in [-0.39, 0.29) is 12.2 Å². The Balaban J connectivity index is 3.22. The Morgan fingerprint density at radius 1 is 1.09 bits per heavy atom. The van der Waals surface area contributed by atoms with Gasteiger partial charge >= 0.3 is 5.97 Å². The molecule has 1 fully saturated rings. The maximum absolute atomic E-state index is 12.1. The van der Waals surface area contributed by atoms with Gasteiger partial charge in [0, 0.05) is 6.42 Å². The number of hydrogen-bond acceptors (Lipinski definition) is 3. The van der Waals surface area contributed by atoms with Crippen LogP contribution in [0.4, 0.5) is 0 Å². The molecule has 0 aliphatic heterocycles. The van der Waals surface area contributed by atoms with Crippen molar-refractivity contribution in [2.45, 2.75) is 64.6 Å². The normalized spacial score (nSPS) is 22.4. The summed E-state index contributed by atoms with van der Waals surface area (Å²) in [5.41, 5.74) is 4.56. The van der Waals surface area contributed by atoms with Crippen LogP contribution in [0.1, 0.15) is 48.0 Å². The van der Waals surface area contributed by atoms with E-state index in [1.807, 2.05) is 0 Å². The highest BCUT2D eigenvalue weighted by molar-refractivity contribution is 6.90. The SMILES string of the molecule is CC(C)[Si](C#CC1C(=O)CC(C(=O)O)C1=O)(C(C)C)C(C)C. The van der Waals surface area contributed by atoms with Crippen LogP contribution in [0.25, 0.3) is 0 Å². The molecule has 1 aliphatic carbocycles. The minimum absolute atomic E-state index is 0.215. The van der Waals surface area contributed by atoms with Crippen LogP contribution in [0.3, 0.4) is 0 Å². The first-order valence-corrected chi connectivity index (χ1v) is 10.1. The Hall–Kier alpha value is -1.41. The molecule has 0 aromatic carbocycles. The Labute approximate surface area is 133 Å². The lowest BCUT2D eigenvalue weighted by Crippen LogP contribution is -2.43. The maximum atomic E-state index is 12.1. The third-order valence-electron chi connectivity index (χ3n) is 4.95. The van der Waals surface area contributed by atoms with E-state index in [1.54, 1.807) is 0 Å². The van der Waals surface area contributed by atoms with Crippen molar-refractivity contribution < 1.29 is 19.5 Å². The van der Waals surface area contributed by atoms with Gasteiger partial charge in [-0.25, -0.2) is 0 Å². The molecule has 0 radical (unpaired) electrons. The lowest BCUT2D eigenvalue weighted by molar-refractivity contribution is -0.145. The van der Waals surface area contributed by atoms with Gasteiger partial charge in [-0.05, 0) is 16.6 Å². The number of carbonyl (C=O) groups excluding carboxylic acids is 2. The first-order chi connectivity index (χ1) is 10.1. The topological polar surface area (TPSA) is 71.4 Å². The molecule has 1 saturated carbocycles. The third kappa shape index (κ3) is 3.17. The van der Waals surface area contributed by atoms with Crippen molar-refractivity contribution >= 4 is 25.6 Å². The summed E-state index contributed by atoms with van der Waals surface area (Å²) in [6.45, 7) is 12.9. The summed E-state index contributed by atoms with van der Waals surface area (Å²) < 4.78 is 0. The molecule has 22 heavy (non-hydrogen) atoms. The molecule has 4 nitrogen and oxygen atoms in total. The Kier molecular flexibility index (Phi) is 5.74. The molecule has 0 saturated heterocycles. The smallest absolute Gasteiger partial charge is 0.314 e. The van der Waals surface area contributed by atoms with Crippen LogP contribution in [0.5, 0.6) is 0 Å². The van der Waals surface area contributed by atoms with E-state index in [0.717, 1.165) is 0 Å². The predicted octanol–water partition coefficient (Wildman–Crippen LogP) is 3.07. The number of carboxylic acid groups (broad SMARTS) is 1. The van der Waals surface area contributed by atoms with Crippen LogP contribution >= 0.6 is 0 Å². The van der Waals surface area contributed by atoms with Gasteiger partial charge in [-0.1, -0.05) is 47.5 Å². The van der Waals surface area contributed by atoms with Crippen LogP contribution in [-0.2, 0) is 14.4 Å². The molecule has 0 aromatic rings. The van der Waals surface area contributed by atoms with E-state index in [1.165, 1.54) is 0 Å². The van der Waals surface area contributed by atoms with Crippen molar-refractivity contribution in [2.24, 2.45) is 11.8 Å². The van der Waals surface area contributed by atoms with Crippen molar-refractivity contribution in [3.63, 3.8) is 0 Å². The van der Waals surface area contributed by atoms with Gasteiger partial charge in [-0.15, -0.1) is 5.54 Å². The van der Waals surface area contributed by atoms with E-state index >= 15 is 0 Å². The summed E-state index contributed by atoms with van der Waals surface area (Å²) >= 11 is 0. The van der Waals surface area contributed by atoms with Crippen LogP contribution < -0.4 is 0 Å². The van der Waals surface area contributed by atoms with Crippen LogP contribution in [0.2, 0.25) is 16.6 Å². The van der Waals surface area contributed by atoms with Crippen LogP contribution in [0, 0.1) is 23.3 Å². The second-order valence-electron chi connectivity index (χ2n) is 7.06. The molecule has 0 spiro atoms. The summed E-state index contributed by atoms with van der Waals surface area (Å²) in [4.78, 5) is 35.1. The molecular weight excluding hydrogens is 296 g/mol. The van der Waals surface area contributed by atoms with Gasteiger partial charge in [0.15, 0.2) is 11.6 Å². The van der Waals surface area contributed by atoms with Crippen molar-refractivity contribution in [2.75, 3.05) is 0 Å². The van der Waals surface area contributed by atoms with Crippen molar-refractivity contribution in [3.05, 3.63) is 0 Å². The second-order valence-corrected chi connectivity index (χ2v) is 12.6. The van der Waals surface area contributed by atoms with Crippen molar-refractivity contribution in [1.29, 1.82) is 0 Å². The molecular formula is C17H26O4Si. The molecule has 0 bridgehead atoms. The number of carbonyl (C=O) groups is 3. The highest BCUT2D eigenvalue weighted by atomic mass is 28.3. The highest BCUT2D eigenvalue weighted by Crippen LogP contribution is 2.41. The molecule has 0 heterocycles. The largest absolute Gasteiger partial charge is 0.481 e. The minimum atomic E-state index is -2.02. The van der Waals surface area contributed by atoms with Gasteiger partial charge < -0.3 is 5.11 Å². The number of aliphatic carboxylic acids is 1. The molecule has 1 aliphatic rings. The molecule has 1 rings (SSSR count). The summed E-state index contributed by atoms with van der Waals surface area (Å²) in [7, 11) is -2.02. The van der Waals surface area contributed by atoms with Gasteiger partial charge in [-0.3, -0.25) is 14.4 Å². The zero-order chi connectivity index (χ0) is 17.2. The summed E-state index contributed by atoms with van der Waals surface area (Å²) in [5.74, 6) is -1.45. The summed E-state index contributed by atoms with van der Waals surface area (Å²) in [6.07, 6.45) is -0.215. The molecule has 5 heteroatoms. The van der Waals surface area contributed by atoms with Crippen LogP contribution in [0.15, 0.2) is 0 Å². The Bertz CT molecular complexity index is 515. The quantitative estimate of drug-likeness (QED) is 0.490. The first kappa shape index (κ1) is 18.6. The van der Waals surface area contributed by atoms with E-state index in [2.05, 4.69) is 53.0 Å². The van der Waals surface area contributed by atoms with Gasteiger partial charge in [0.25, 0.3) is 0 Å². The minimum Gasteiger partial charge on any atom is -0.481 e. The number of ketones is 2. The number of hydrogen-bond donors (Lipinski definition) is 1. The third-order valence-corrected chi connectivity index (χ3v) is 11.3. The maximum Gasteiger partial charge on any atom is 0.314 e. The van der Waals surface area contributed by atoms with Gasteiger partial charge in [-0.2, -0.15) is 0 Å². The predicted molar refractivity (Wildman–Crippen MR) is 88.1 cm³/mol. The molecule has 0 aromatic heterocycles. The monoisotopic (exact) mass is 322 g/mol. The number of carboxylic acids is 1. The summed E-state index contributed by atoms with van der Waals surface area (Å²) in [6, 6.07) is 0. The zero-order valence-electron chi connectivity index (χ0n) is 14.3. The fourth-order valence-electron chi connectivity index (χ4n) is 3.77. The van der Waals surface area contributed by atoms with Crippen molar-refractivity contribution in [1.82, 2.24) is 0 Å². The lowest BCUT2D eigenvalue weighted by atomic mass is 10.0. The molecule has 2 atom stereocenters. The molecule has 0 amide bonds. The Morgan fingerprint density at radius 2 is 1.55 bits per heavy atom. The second kappa shape index (κ2) is 6.78. The Morgan fingerprint density at radius 3 is 1.86 bits per heavy atom. The average Bonchev–Trinajstić information content (AvgIpc) is 2.65. The fraction of sp³-hybridized carbons (Fsp3) is 0.706. The van der Waals surface area contributed by atoms with Crippen LogP contribution in [-0.4, -0.2) is 30.7 Å². The highest BCUT2D eigenvalue weighted by Gasteiger charge is 2.46. The lowest BCUT2D eigenvalue weighted by Gasteiger charge is -2.38.